The largest absolute Gasteiger partial charge is 0.462 e. The second-order valence-electron chi connectivity index (χ2n) is 11.4. The molecule has 3 nitrogen and oxygen atoms in total. The van der Waals surface area contributed by atoms with Gasteiger partial charge in [0, 0.05) is 18.6 Å². The maximum absolute atomic E-state index is 11.8. The second-order valence-corrected chi connectivity index (χ2v) is 11.4. The van der Waals surface area contributed by atoms with Crippen molar-refractivity contribution in [2.45, 2.75) is 116 Å². The summed E-state index contributed by atoms with van der Waals surface area (Å²) in [5, 5.41) is 9.30. The topological polar surface area (TPSA) is 46.5 Å². The predicted octanol–water partition coefficient (Wildman–Crippen LogP) is 7.93. The summed E-state index contributed by atoms with van der Waals surface area (Å²) in [4.78, 5) is 11.8. The van der Waals surface area contributed by atoms with Crippen LogP contribution in [0.2, 0.25) is 0 Å². The molecule has 0 unspecified atom stereocenters. The van der Waals surface area contributed by atoms with Crippen LogP contribution in [0.15, 0.2) is 30.4 Å². The molecule has 1 aromatic rings. The van der Waals surface area contributed by atoms with E-state index in [1.54, 1.807) is 6.92 Å². The zero-order valence-electron chi connectivity index (χ0n) is 22.5. The summed E-state index contributed by atoms with van der Waals surface area (Å²) < 4.78 is 5.38. The molecule has 196 valence electrons. The molecule has 0 bridgehead atoms. The van der Waals surface area contributed by atoms with E-state index in [1.807, 2.05) is 0 Å². The highest BCUT2D eigenvalue weighted by Gasteiger charge is 2.31. The molecular weight excluding hydrogens is 432 g/mol. The SMILES string of the molecule is C=C(C)C(=O)OCCc1cc(C2CCC(C3CCC(CCCCC)CC3)CC2)ccc1CCCO. The molecule has 3 heteroatoms. The van der Waals surface area contributed by atoms with Gasteiger partial charge in [-0.25, -0.2) is 4.79 Å². The molecule has 0 spiro atoms. The minimum Gasteiger partial charge on any atom is -0.462 e. The zero-order valence-corrected chi connectivity index (χ0v) is 22.5. The number of esters is 1. The maximum Gasteiger partial charge on any atom is 0.333 e. The predicted molar refractivity (Wildman–Crippen MR) is 146 cm³/mol. The van der Waals surface area contributed by atoms with E-state index in [9.17, 15) is 9.90 Å². The number of carbonyl (C=O) groups excluding carboxylic acids is 1. The molecule has 0 aromatic heterocycles. The number of aliphatic hydroxyl groups excluding tert-OH is 1. The lowest BCUT2D eigenvalue weighted by Gasteiger charge is -2.38. The van der Waals surface area contributed by atoms with Crippen LogP contribution in [0, 0.1) is 17.8 Å². The monoisotopic (exact) mass is 482 g/mol. The molecule has 0 radical (unpaired) electrons. The Morgan fingerprint density at radius 3 is 2.26 bits per heavy atom. The van der Waals surface area contributed by atoms with Gasteiger partial charge in [0.2, 0.25) is 0 Å². The molecule has 0 amide bonds. The average molecular weight is 483 g/mol. The third-order valence-electron chi connectivity index (χ3n) is 8.80. The molecule has 2 fully saturated rings. The van der Waals surface area contributed by atoms with Crippen molar-refractivity contribution in [3.05, 3.63) is 47.0 Å². The van der Waals surface area contributed by atoms with Crippen molar-refractivity contribution in [2.24, 2.45) is 17.8 Å². The van der Waals surface area contributed by atoms with E-state index in [1.165, 1.54) is 93.7 Å². The molecule has 1 aromatic carbocycles. The van der Waals surface area contributed by atoms with Crippen LogP contribution >= 0.6 is 0 Å². The molecule has 3 rings (SSSR count). The molecule has 2 saturated carbocycles. The van der Waals surface area contributed by atoms with Crippen molar-refractivity contribution < 1.29 is 14.6 Å². The Kier molecular flexibility index (Phi) is 11.9. The molecule has 0 aliphatic heterocycles. The van der Waals surface area contributed by atoms with Gasteiger partial charge in [-0.1, -0.05) is 70.2 Å². The van der Waals surface area contributed by atoms with Crippen molar-refractivity contribution in [3.63, 3.8) is 0 Å². The third kappa shape index (κ3) is 8.77. The highest BCUT2D eigenvalue weighted by Crippen LogP contribution is 2.44. The van der Waals surface area contributed by atoms with E-state index < -0.39 is 0 Å². The fourth-order valence-corrected chi connectivity index (χ4v) is 6.58. The van der Waals surface area contributed by atoms with Crippen LogP contribution in [-0.4, -0.2) is 24.3 Å². The summed E-state index contributed by atoms with van der Waals surface area (Å²) in [5.41, 5.74) is 4.45. The van der Waals surface area contributed by atoms with E-state index in [4.69, 9.17) is 4.74 Å². The summed E-state index contributed by atoms with van der Waals surface area (Å²) in [5.74, 6) is 3.25. The van der Waals surface area contributed by atoms with Crippen LogP contribution in [0.1, 0.15) is 120 Å². The molecule has 35 heavy (non-hydrogen) atoms. The van der Waals surface area contributed by atoms with Crippen LogP contribution in [0.5, 0.6) is 0 Å². The summed E-state index contributed by atoms with van der Waals surface area (Å²) in [6.45, 7) is 8.25. The van der Waals surface area contributed by atoms with Crippen LogP contribution < -0.4 is 0 Å². The zero-order chi connectivity index (χ0) is 25.0. The van der Waals surface area contributed by atoms with E-state index >= 15 is 0 Å². The van der Waals surface area contributed by atoms with E-state index in [0.29, 0.717) is 18.1 Å². The normalized spacial score (nSPS) is 24.8. The first-order valence-corrected chi connectivity index (χ1v) is 14.6. The van der Waals surface area contributed by atoms with Gasteiger partial charge in [0.05, 0.1) is 6.61 Å². The first-order valence-electron chi connectivity index (χ1n) is 14.6. The van der Waals surface area contributed by atoms with Gasteiger partial charge in [0.1, 0.15) is 0 Å². The van der Waals surface area contributed by atoms with Crippen molar-refractivity contribution in [2.75, 3.05) is 13.2 Å². The van der Waals surface area contributed by atoms with Crippen LogP contribution in [0.3, 0.4) is 0 Å². The number of rotatable bonds is 13. The van der Waals surface area contributed by atoms with Gasteiger partial charge in [-0.15, -0.1) is 0 Å². The molecular formula is C32H50O3. The lowest BCUT2D eigenvalue weighted by atomic mass is 9.68. The fourth-order valence-electron chi connectivity index (χ4n) is 6.58. The quantitative estimate of drug-likeness (QED) is 0.176. The molecule has 1 N–H and O–H groups in total. The second kappa shape index (κ2) is 14.8. The Bertz CT molecular complexity index is 782. The van der Waals surface area contributed by atoms with E-state index in [-0.39, 0.29) is 12.6 Å². The van der Waals surface area contributed by atoms with Crippen LogP contribution in [0.4, 0.5) is 0 Å². The Morgan fingerprint density at radius 1 is 0.943 bits per heavy atom. The molecule has 0 saturated heterocycles. The Labute approximate surface area is 214 Å². The van der Waals surface area contributed by atoms with Crippen LogP contribution in [0.25, 0.3) is 0 Å². The molecule has 2 aliphatic rings. The minimum absolute atomic E-state index is 0.205. The Balaban J connectivity index is 1.51. The molecule has 2 aliphatic carbocycles. The standard InChI is InChI=1S/C32H50O3/c1-4-5-6-8-25-10-12-27(13-11-25)28-14-16-29(17-15-28)30-19-18-26(9-7-21-33)31(23-30)20-22-35-32(34)24(2)3/h18-19,23,25,27-29,33H,2,4-17,20-22H2,1,3H3. The van der Waals surface area contributed by atoms with Gasteiger partial charge in [-0.05, 0) is 98.7 Å². The fraction of sp³-hybridized carbons (Fsp3) is 0.719. The number of unbranched alkanes of at least 4 members (excludes halogenated alkanes) is 2. The summed E-state index contributed by atoms with van der Waals surface area (Å²) in [7, 11) is 0. The number of hydrogen-bond donors (Lipinski definition) is 1. The number of carbonyl (C=O) groups is 1. The lowest BCUT2D eigenvalue weighted by Crippen LogP contribution is -2.25. The van der Waals surface area contributed by atoms with E-state index in [0.717, 1.165) is 37.0 Å². The van der Waals surface area contributed by atoms with E-state index in [2.05, 4.69) is 31.7 Å². The first kappa shape index (κ1) is 28.0. The third-order valence-corrected chi connectivity index (χ3v) is 8.80. The number of benzene rings is 1. The van der Waals surface area contributed by atoms with Gasteiger partial charge in [-0.3, -0.25) is 0 Å². The maximum atomic E-state index is 11.8. The minimum atomic E-state index is -0.314. The number of ether oxygens (including phenoxy) is 1. The average Bonchev–Trinajstić information content (AvgIpc) is 2.88. The highest BCUT2D eigenvalue weighted by atomic mass is 16.5. The molecule has 0 heterocycles. The number of hydrogen-bond acceptors (Lipinski definition) is 3. The van der Waals surface area contributed by atoms with Crippen molar-refractivity contribution in [3.8, 4) is 0 Å². The van der Waals surface area contributed by atoms with Crippen molar-refractivity contribution >= 4 is 5.97 Å². The Morgan fingerprint density at radius 2 is 1.63 bits per heavy atom. The molecule has 0 atom stereocenters. The lowest BCUT2D eigenvalue weighted by molar-refractivity contribution is -0.138. The summed E-state index contributed by atoms with van der Waals surface area (Å²) in [6, 6.07) is 6.95. The van der Waals surface area contributed by atoms with Crippen LogP contribution in [-0.2, 0) is 22.4 Å². The van der Waals surface area contributed by atoms with Gasteiger partial charge >= 0.3 is 5.97 Å². The summed E-state index contributed by atoms with van der Waals surface area (Å²) >= 11 is 0. The van der Waals surface area contributed by atoms with Crippen molar-refractivity contribution in [1.29, 1.82) is 0 Å². The number of aryl methyl sites for hydroxylation is 1. The Hall–Kier alpha value is -1.61. The first-order chi connectivity index (χ1) is 17.0. The smallest absolute Gasteiger partial charge is 0.333 e. The highest BCUT2D eigenvalue weighted by molar-refractivity contribution is 5.86. The van der Waals surface area contributed by atoms with Gasteiger partial charge < -0.3 is 9.84 Å². The summed E-state index contributed by atoms with van der Waals surface area (Å²) in [6.07, 6.45) is 19.3. The van der Waals surface area contributed by atoms with Gasteiger partial charge in [0.25, 0.3) is 0 Å². The van der Waals surface area contributed by atoms with Gasteiger partial charge in [-0.2, -0.15) is 0 Å². The number of aliphatic hydroxyl groups is 1. The van der Waals surface area contributed by atoms with Crippen molar-refractivity contribution in [1.82, 2.24) is 0 Å². The van der Waals surface area contributed by atoms with Gasteiger partial charge in [0.15, 0.2) is 0 Å².